The average Bonchev–Trinajstić information content (AvgIpc) is 2.46. The normalized spacial score (nSPS) is 4.00. The topological polar surface area (TPSA) is 807 Å². The fraction of sp³-hybridized carbons (Fsp3) is 1.00. The van der Waals surface area contributed by atoms with Crippen molar-refractivity contribution in [2.75, 3.05) is 52.4 Å². The molecule has 0 aliphatic rings. The van der Waals surface area contributed by atoms with Crippen LogP contribution in [0, 0.1) is 0 Å². The molecule has 0 aromatic heterocycles. The van der Waals surface area contributed by atoms with Crippen molar-refractivity contribution in [1.82, 2.24) is 0 Å². The third kappa shape index (κ3) is 215. The van der Waals surface area contributed by atoms with Crippen LogP contribution in [0.2, 0.25) is 0 Å². The van der Waals surface area contributed by atoms with Crippen LogP contribution in [0.15, 0.2) is 0 Å². The van der Waals surface area contributed by atoms with Crippen molar-refractivity contribution < 1.29 is 331 Å². The minimum Gasteiger partial charge on any atom is -2.00 e. The van der Waals surface area contributed by atoms with Crippen LogP contribution in [-0.4, -0.2) is 61.3 Å². The van der Waals surface area contributed by atoms with Crippen molar-refractivity contribution in [3.63, 3.8) is 0 Å². The van der Waals surface area contributed by atoms with Gasteiger partial charge in [-0.25, -0.2) is 0 Å². The van der Waals surface area contributed by atoms with Gasteiger partial charge in [-0.15, -0.1) is 0 Å². The maximum absolute atomic E-state index is 2.27. The molecule has 6 N–H and O–H groups in total. The molecule has 0 aliphatic carbocycles. The van der Waals surface area contributed by atoms with Gasteiger partial charge in [0, 0.05) is 169 Å². The molecule has 384 valence electrons. The minimum absolute atomic E-state index is 0. The maximum atomic E-state index is 2.27. The Kier molecular flexibility index (Phi) is 2640. The molecule has 0 aliphatic heterocycles. The van der Waals surface area contributed by atoms with Crippen LogP contribution in [0.5, 0.6) is 0 Å². The molecule has 0 bridgehead atoms. The van der Waals surface area contributed by atoms with Crippen LogP contribution < -0.4 is 0 Å². The predicted octanol–water partition coefficient (Wildman–Crippen LogP) is -1.19. The smallest absolute Gasteiger partial charge is 0.0757 e. The summed E-state index contributed by atoms with van der Waals surface area (Å²) in [6.07, 6.45) is 0. The maximum Gasteiger partial charge on any atom is 0.0757 e. The van der Waals surface area contributed by atoms with Gasteiger partial charge in [0.15, 0.2) is 0 Å². The Morgan fingerprint density at radius 2 is 0.204 bits per heavy atom. The Balaban J connectivity index is -0.00000000158. The second-order valence-corrected chi connectivity index (χ2v) is 5.21. The molecule has 0 radical (unpaired) electrons. The van der Waals surface area contributed by atoms with Gasteiger partial charge in [-0.1, -0.05) is 0 Å². The van der Waals surface area contributed by atoms with Crippen molar-refractivity contribution >= 4 is 0 Å². The van der Waals surface area contributed by atoms with Crippen LogP contribution in [0.25, 0.3) is 0 Å². The quantitative estimate of drug-likeness (QED) is 0.157. The molecule has 0 saturated heterocycles. The third-order valence-electron chi connectivity index (χ3n) is 5.37. The first-order chi connectivity index (χ1) is 8.49. The molecule has 0 saturated carbocycles. The number of hydrogen-bond acceptors (Lipinski definition) is 0. The summed E-state index contributed by atoms with van der Waals surface area (Å²) >= 11 is 0. The zero-order chi connectivity index (χ0) is 14.7. The van der Waals surface area contributed by atoms with Crippen molar-refractivity contribution in [3.05, 3.63) is 0 Å². The van der Waals surface area contributed by atoms with E-state index in [1.165, 1.54) is 61.3 Å². The summed E-state index contributed by atoms with van der Waals surface area (Å²) in [6.45, 7) is 28.4. The van der Waals surface area contributed by atoms with Crippen LogP contribution in [-0.2, 0) is 322 Å². The van der Waals surface area contributed by atoms with Gasteiger partial charge >= 0.3 is 0 Å². The SMILES string of the molecule is CC[N+](CC)(CC)CC.CC[N+](CC)(CC)CC.[Mo].[Mo].[Mo].[Mo].[Mo].[Mo].[Mo].[Mo].[O-2].[O-2].[O-2].[O-2].[O-2].[O-2].[O-2].[O-2].[O-2].[O-2].[O-2].[O-2].[O-2].[O-2].[O-2].[O-2].[O-2].[O-2].[O-2].[O-2].[O-2].[O-2].[O-2].[O-2].[O-2].[O-2].[OH3+].[OH3+]. The molecule has 30 nitrogen and oxygen atoms in total. The molecular weight excluding hydrogens is 1440 g/mol. The van der Waals surface area contributed by atoms with Crippen molar-refractivity contribution in [2.24, 2.45) is 0 Å². The fourth-order valence-electron chi connectivity index (χ4n) is 2.68. The zero-order valence-corrected chi connectivity index (χ0v) is 45.6. The Hall–Kier alpha value is 4.31. The first kappa shape index (κ1) is 464. The first-order valence-electron chi connectivity index (χ1n) is 8.19. The second kappa shape index (κ2) is 308. The van der Waals surface area contributed by atoms with Gasteiger partial charge in [-0.2, -0.15) is 0 Å². The molecule has 0 aromatic rings. The summed E-state index contributed by atoms with van der Waals surface area (Å²) in [5.41, 5.74) is 0. The molecule has 0 aromatic carbocycles. The molecule has 0 atom stereocenters. The molecular formula is C16H46Mo8N2O28-48. The van der Waals surface area contributed by atoms with E-state index in [2.05, 4.69) is 55.4 Å². The molecule has 0 amide bonds. The zero-order valence-electron chi connectivity index (χ0n) is 29.6. The largest absolute Gasteiger partial charge is 2.00 e. The predicted molar refractivity (Wildman–Crippen MR) is 112 cm³/mol. The van der Waals surface area contributed by atoms with Crippen LogP contribution in [0.4, 0.5) is 0 Å². The molecule has 0 spiro atoms. The van der Waals surface area contributed by atoms with E-state index in [1.54, 1.807) is 0 Å². The Morgan fingerprint density at radius 1 is 0.167 bits per heavy atom. The fourth-order valence-corrected chi connectivity index (χ4v) is 2.68. The molecule has 54 heavy (non-hydrogen) atoms. The summed E-state index contributed by atoms with van der Waals surface area (Å²) in [5, 5.41) is 0. The summed E-state index contributed by atoms with van der Waals surface area (Å²) < 4.78 is 2.56. The summed E-state index contributed by atoms with van der Waals surface area (Å²) in [4.78, 5) is 0. The number of hydrogen-bond donors (Lipinski definition) is 0. The Morgan fingerprint density at radius 3 is 0.204 bits per heavy atom. The first-order valence-corrected chi connectivity index (χ1v) is 8.19. The van der Waals surface area contributed by atoms with E-state index < -0.39 is 0 Å². The van der Waals surface area contributed by atoms with Gasteiger partial charge in [-0.05, 0) is 55.4 Å². The van der Waals surface area contributed by atoms with Gasteiger partial charge in [0.1, 0.15) is 0 Å². The molecule has 0 rings (SSSR count). The Labute approximate surface area is 434 Å². The standard InChI is InChI=1S/2C8H20N.8Mo.2H2O.26O/c2*1-5-9(6-2,7-3)8-4;;;;;;;;;;;;;;;;;;;;;;;;;;;;;;;;;;;;/h2*5-8H2,1-4H3;;;;;;;;;2*1H2;;;;;;;;;;;;;;;;;;;;;;;;;;/q2*+1;;;;;;;;;;;26*-2/p+2. The van der Waals surface area contributed by atoms with Gasteiger partial charge in [0.25, 0.3) is 0 Å². The van der Waals surface area contributed by atoms with Crippen LogP contribution >= 0.6 is 0 Å². The van der Waals surface area contributed by atoms with Crippen LogP contribution in [0.1, 0.15) is 55.4 Å². The summed E-state index contributed by atoms with van der Waals surface area (Å²) in [6, 6.07) is 0. The summed E-state index contributed by atoms with van der Waals surface area (Å²) in [5.74, 6) is 0. The van der Waals surface area contributed by atoms with Crippen LogP contribution in [0.3, 0.4) is 0 Å². The number of quaternary nitrogens is 2. The minimum atomic E-state index is 0. The molecule has 0 unspecified atom stereocenters. The van der Waals surface area contributed by atoms with Crippen molar-refractivity contribution in [3.8, 4) is 0 Å². The average molecular weight is 1480 g/mol. The summed E-state index contributed by atoms with van der Waals surface area (Å²) in [7, 11) is 0. The van der Waals surface area contributed by atoms with E-state index in [0.717, 1.165) is 0 Å². The molecule has 0 heterocycles. The van der Waals surface area contributed by atoms with E-state index >= 15 is 0 Å². The van der Waals surface area contributed by atoms with Gasteiger partial charge in [-0.3, -0.25) is 0 Å². The number of nitrogens with zero attached hydrogens (tertiary/aromatic N) is 2. The van der Waals surface area contributed by atoms with E-state index in [1.807, 2.05) is 0 Å². The second-order valence-electron chi connectivity index (χ2n) is 5.21. The van der Waals surface area contributed by atoms with E-state index in [9.17, 15) is 0 Å². The Bertz CT molecular complexity index is 192. The number of rotatable bonds is 8. The van der Waals surface area contributed by atoms with Gasteiger partial charge in [0.05, 0.1) is 52.4 Å². The monoisotopic (exact) mass is 1500 g/mol. The molecule has 38 heteroatoms. The van der Waals surface area contributed by atoms with E-state index in [-0.39, 0.29) is 322 Å². The van der Waals surface area contributed by atoms with Gasteiger partial charge in [0.2, 0.25) is 0 Å². The van der Waals surface area contributed by atoms with Gasteiger partial charge < -0.3 is 162 Å². The van der Waals surface area contributed by atoms with E-state index in [4.69, 9.17) is 0 Å². The van der Waals surface area contributed by atoms with Crippen molar-refractivity contribution in [1.29, 1.82) is 0 Å². The molecule has 0 fully saturated rings. The van der Waals surface area contributed by atoms with Crippen molar-refractivity contribution in [2.45, 2.75) is 55.4 Å². The van der Waals surface area contributed by atoms with E-state index in [0.29, 0.717) is 0 Å². The third-order valence-corrected chi connectivity index (χ3v) is 5.37.